The van der Waals surface area contributed by atoms with E-state index in [4.69, 9.17) is 0 Å². The molecule has 0 radical (unpaired) electrons. The van der Waals surface area contributed by atoms with E-state index in [0.717, 1.165) is 12.3 Å². The highest BCUT2D eigenvalue weighted by molar-refractivity contribution is 5.90. The van der Waals surface area contributed by atoms with Gasteiger partial charge in [0.25, 0.3) is 0 Å². The Hall–Kier alpha value is -0.590. The van der Waals surface area contributed by atoms with Gasteiger partial charge < -0.3 is 0 Å². The molecule has 0 heterocycles. The van der Waals surface area contributed by atoms with Crippen LogP contribution in [0.4, 0.5) is 0 Å². The lowest BCUT2D eigenvalue weighted by Crippen LogP contribution is -2.13. The molecule has 0 aliphatic heterocycles. The van der Waals surface area contributed by atoms with E-state index in [2.05, 4.69) is 6.08 Å². The van der Waals surface area contributed by atoms with Crippen molar-refractivity contribution in [2.24, 2.45) is 11.8 Å². The third-order valence-corrected chi connectivity index (χ3v) is 2.87. The zero-order chi connectivity index (χ0) is 7.68. The minimum Gasteiger partial charge on any atom is -0.295 e. The van der Waals surface area contributed by atoms with Crippen LogP contribution in [0.25, 0.3) is 0 Å². The smallest absolute Gasteiger partial charge is 0.155 e. The zero-order valence-corrected chi connectivity index (χ0v) is 6.75. The summed E-state index contributed by atoms with van der Waals surface area (Å²) in [5, 5.41) is 0. The second-order valence-corrected chi connectivity index (χ2v) is 3.82. The lowest BCUT2D eigenvalue weighted by atomic mass is 9.81. The summed E-state index contributed by atoms with van der Waals surface area (Å²) < 4.78 is 0. The van der Waals surface area contributed by atoms with Crippen LogP contribution in [0.3, 0.4) is 0 Å². The van der Waals surface area contributed by atoms with Crippen LogP contribution in [0, 0.1) is 11.8 Å². The Balaban J connectivity index is 2.13. The lowest BCUT2D eigenvalue weighted by Gasteiger charge is -2.24. The highest BCUT2D eigenvalue weighted by Crippen LogP contribution is 2.33. The first-order valence-corrected chi connectivity index (χ1v) is 4.55. The Bertz CT molecular complexity index is 193. The maximum absolute atomic E-state index is 11.1. The lowest BCUT2D eigenvalue weighted by molar-refractivity contribution is -0.115. The maximum atomic E-state index is 11.1. The highest BCUT2D eigenvalue weighted by atomic mass is 16.1. The Morgan fingerprint density at radius 2 is 2.27 bits per heavy atom. The number of hydrogen-bond acceptors (Lipinski definition) is 1. The fourth-order valence-corrected chi connectivity index (χ4v) is 2.29. The van der Waals surface area contributed by atoms with E-state index in [1.54, 1.807) is 6.08 Å². The molecule has 0 spiro atoms. The predicted molar refractivity (Wildman–Crippen MR) is 44.2 cm³/mol. The van der Waals surface area contributed by atoms with Crippen molar-refractivity contribution in [1.82, 2.24) is 0 Å². The Morgan fingerprint density at radius 3 is 3.18 bits per heavy atom. The second kappa shape index (κ2) is 2.80. The van der Waals surface area contributed by atoms with Gasteiger partial charge in [-0.05, 0) is 37.2 Å². The molecule has 2 rings (SSSR count). The summed E-state index contributed by atoms with van der Waals surface area (Å²) >= 11 is 0. The van der Waals surface area contributed by atoms with Gasteiger partial charge in [0.1, 0.15) is 0 Å². The van der Waals surface area contributed by atoms with Crippen LogP contribution in [0.15, 0.2) is 12.2 Å². The van der Waals surface area contributed by atoms with E-state index in [-0.39, 0.29) is 0 Å². The number of fused-ring (bicyclic) bond motifs is 2. The van der Waals surface area contributed by atoms with Crippen LogP contribution in [0.2, 0.25) is 0 Å². The number of rotatable bonds is 0. The molecular formula is C10H14O. The molecule has 1 saturated carbocycles. The van der Waals surface area contributed by atoms with Crippen LogP contribution < -0.4 is 0 Å². The first kappa shape index (κ1) is 7.08. The second-order valence-electron chi connectivity index (χ2n) is 3.82. The topological polar surface area (TPSA) is 17.1 Å². The van der Waals surface area contributed by atoms with Crippen molar-refractivity contribution in [1.29, 1.82) is 0 Å². The average Bonchev–Trinajstić information content (AvgIpc) is 2.12. The molecule has 0 aromatic carbocycles. The molecule has 11 heavy (non-hydrogen) atoms. The Morgan fingerprint density at radius 1 is 1.36 bits per heavy atom. The van der Waals surface area contributed by atoms with Gasteiger partial charge in [0.2, 0.25) is 0 Å². The summed E-state index contributed by atoms with van der Waals surface area (Å²) in [5.74, 6) is 1.77. The number of hydrogen-bond donors (Lipinski definition) is 0. The van der Waals surface area contributed by atoms with Crippen molar-refractivity contribution in [2.75, 3.05) is 0 Å². The summed E-state index contributed by atoms with van der Waals surface area (Å²) in [6, 6.07) is 0. The van der Waals surface area contributed by atoms with E-state index in [1.807, 2.05) is 0 Å². The van der Waals surface area contributed by atoms with Gasteiger partial charge in [0.15, 0.2) is 5.78 Å². The Kier molecular flexibility index (Phi) is 1.80. The summed E-state index contributed by atoms with van der Waals surface area (Å²) in [6.45, 7) is 0. The average molecular weight is 150 g/mol. The van der Waals surface area contributed by atoms with Gasteiger partial charge in [-0.2, -0.15) is 0 Å². The number of ketones is 1. The third-order valence-electron chi connectivity index (χ3n) is 2.87. The van der Waals surface area contributed by atoms with Crippen LogP contribution >= 0.6 is 0 Å². The van der Waals surface area contributed by atoms with Crippen LogP contribution in [-0.2, 0) is 4.79 Å². The molecule has 2 aliphatic rings. The van der Waals surface area contributed by atoms with E-state index in [9.17, 15) is 4.79 Å². The summed E-state index contributed by atoms with van der Waals surface area (Å²) in [6.07, 6.45) is 9.92. The van der Waals surface area contributed by atoms with Crippen molar-refractivity contribution in [2.45, 2.75) is 32.1 Å². The number of carbonyl (C=O) groups is 1. The van der Waals surface area contributed by atoms with Crippen molar-refractivity contribution >= 4 is 5.78 Å². The van der Waals surface area contributed by atoms with Crippen LogP contribution in [-0.4, -0.2) is 5.78 Å². The van der Waals surface area contributed by atoms with Crippen molar-refractivity contribution in [3.05, 3.63) is 12.2 Å². The summed E-state index contributed by atoms with van der Waals surface area (Å²) in [7, 11) is 0. The first-order valence-electron chi connectivity index (χ1n) is 4.55. The van der Waals surface area contributed by atoms with Gasteiger partial charge >= 0.3 is 0 Å². The van der Waals surface area contributed by atoms with Gasteiger partial charge in [0, 0.05) is 6.42 Å². The van der Waals surface area contributed by atoms with Gasteiger partial charge in [-0.25, -0.2) is 0 Å². The molecule has 1 fully saturated rings. The molecule has 0 aromatic rings. The largest absolute Gasteiger partial charge is 0.295 e. The number of carbonyl (C=O) groups excluding carboxylic acids is 1. The fourth-order valence-electron chi connectivity index (χ4n) is 2.29. The molecule has 0 saturated heterocycles. The quantitative estimate of drug-likeness (QED) is 0.518. The fraction of sp³-hybridized carbons (Fsp3) is 0.700. The molecular weight excluding hydrogens is 136 g/mol. The molecule has 2 atom stereocenters. The van der Waals surface area contributed by atoms with E-state index < -0.39 is 0 Å². The van der Waals surface area contributed by atoms with Crippen molar-refractivity contribution < 1.29 is 4.79 Å². The molecule has 2 bridgehead atoms. The van der Waals surface area contributed by atoms with Gasteiger partial charge in [-0.3, -0.25) is 4.79 Å². The third kappa shape index (κ3) is 1.52. The van der Waals surface area contributed by atoms with Crippen LogP contribution in [0.1, 0.15) is 32.1 Å². The standard InChI is InChI=1S/C10H14O/c11-10-5-4-8-2-1-3-9(6-8)7-10/h4-5,8-9H,1-3,6-7H2. The molecule has 2 unspecified atom stereocenters. The monoisotopic (exact) mass is 150 g/mol. The molecule has 1 heteroatoms. The van der Waals surface area contributed by atoms with Crippen molar-refractivity contribution in [3.8, 4) is 0 Å². The van der Waals surface area contributed by atoms with Gasteiger partial charge in [-0.1, -0.05) is 12.5 Å². The maximum Gasteiger partial charge on any atom is 0.155 e. The molecule has 0 aromatic heterocycles. The zero-order valence-electron chi connectivity index (χ0n) is 6.75. The predicted octanol–water partition coefficient (Wildman–Crippen LogP) is 2.32. The minimum atomic E-state index is 0.347. The molecule has 0 N–H and O–H groups in total. The summed E-state index contributed by atoms with van der Waals surface area (Å²) in [5.41, 5.74) is 0. The first-order chi connectivity index (χ1) is 5.34. The van der Waals surface area contributed by atoms with Crippen molar-refractivity contribution in [3.63, 3.8) is 0 Å². The van der Waals surface area contributed by atoms with Gasteiger partial charge in [0.05, 0.1) is 0 Å². The molecule has 2 aliphatic carbocycles. The highest BCUT2D eigenvalue weighted by Gasteiger charge is 2.24. The SMILES string of the molecule is O=C1C=CC2CCCC(C1)C2. The van der Waals surface area contributed by atoms with Gasteiger partial charge in [-0.15, -0.1) is 0 Å². The molecule has 60 valence electrons. The Labute approximate surface area is 67.5 Å². The molecule has 1 nitrogen and oxygen atoms in total. The number of allylic oxidation sites excluding steroid dienone is 2. The minimum absolute atomic E-state index is 0.347. The van der Waals surface area contributed by atoms with E-state index in [0.29, 0.717) is 11.7 Å². The van der Waals surface area contributed by atoms with E-state index in [1.165, 1.54) is 25.7 Å². The van der Waals surface area contributed by atoms with E-state index >= 15 is 0 Å². The normalized spacial score (nSPS) is 36.9. The van der Waals surface area contributed by atoms with Crippen LogP contribution in [0.5, 0.6) is 0 Å². The summed E-state index contributed by atoms with van der Waals surface area (Å²) in [4.78, 5) is 11.1. The molecule has 0 amide bonds.